The minimum atomic E-state index is 0.222. The smallest absolute Gasteiger partial charge is 0.137 e. The summed E-state index contributed by atoms with van der Waals surface area (Å²) in [6.07, 6.45) is 1.47. The lowest BCUT2D eigenvalue weighted by molar-refractivity contribution is 0.126. The molecule has 1 rings (SSSR count). The van der Waals surface area contributed by atoms with Crippen LogP contribution < -0.4 is 5.32 Å². The molecule has 0 fully saturated rings. The Hall–Kier alpha value is -0.870. The third-order valence-corrected chi connectivity index (χ3v) is 3.03. The Morgan fingerprint density at radius 1 is 1.41 bits per heavy atom. The number of nitrogens with zero attached hydrogens (tertiary/aromatic N) is 2. The van der Waals surface area contributed by atoms with Crippen LogP contribution in [-0.2, 0) is 4.74 Å². The van der Waals surface area contributed by atoms with Crippen LogP contribution in [0, 0.1) is 12.8 Å². The molecule has 1 aromatic rings. The highest BCUT2D eigenvalue weighted by molar-refractivity contribution is 6.30. The first-order valence-electron chi connectivity index (χ1n) is 5.87. The van der Waals surface area contributed by atoms with Crippen LogP contribution in [0.1, 0.15) is 26.3 Å². The molecule has 1 unspecified atom stereocenters. The first kappa shape index (κ1) is 14.2. The van der Waals surface area contributed by atoms with Gasteiger partial charge in [-0.15, -0.1) is 0 Å². The minimum absolute atomic E-state index is 0.222. The lowest BCUT2D eigenvalue weighted by Crippen LogP contribution is -2.31. The van der Waals surface area contributed by atoms with Gasteiger partial charge in [0.25, 0.3) is 0 Å². The molecule has 0 saturated heterocycles. The van der Waals surface area contributed by atoms with E-state index in [4.69, 9.17) is 16.3 Å². The van der Waals surface area contributed by atoms with Gasteiger partial charge < -0.3 is 10.1 Å². The van der Waals surface area contributed by atoms with Crippen molar-refractivity contribution in [2.45, 2.75) is 33.7 Å². The van der Waals surface area contributed by atoms with E-state index in [1.807, 2.05) is 13.8 Å². The molecule has 0 amide bonds. The number of hydrogen-bond donors (Lipinski definition) is 1. The Balaban J connectivity index is 2.75. The van der Waals surface area contributed by atoms with Gasteiger partial charge in [-0.3, -0.25) is 0 Å². The van der Waals surface area contributed by atoms with Gasteiger partial charge in [0.05, 0.1) is 12.6 Å². The predicted octanol–water partition coefficient (Wildman–Crippen LogP) is 2.91. The van der Waals surface area contributed by atoms with Gasteiger partial charge in [-0.1, -0.05) is 25.4 Å². The maximum atomic E-state index is 5.96. The molecule has 17 heavy (non-hydrogen) atoms. The van der Waals surface area contributed by atoms with Crippen LogP contribution in [0.15, 0.2) is 6.33 Å². The van der Waals surface area contributed by atoms with Gasteiger partial charge in [0.2, 0.25) is 0 Å². The van der Waals surface area contributed by atoms with Crippen LogP contribution in [-0.4, -0.2) is 29.2 Å². The zero-order valence-corrected chi connectivity index (χ0v) is 11.6. The summed E-state index contributed by atoms with van der Waals surface area (Å²) < 4.78 is 5.46. The highest BCUT2D eigenvalue weighted by Crippen LogP contribution is 2.20. The van der Waals surface area contributed by atoms with Gasteiger partial charge in [0.15, 0.2) is 0 Å². The van der Waals surface area contributed by atoms with Gasteiger partial charge in [-0.05, 0) is 19.8 Å². The molecule has 0 aliphatic heterocycles. The van der Waals surface area contributed by atoms with Gasteiger partial charge >= 0.3 is 0 Å². The molecule has 5 heteroatoms. The van der Waals surface area contributed by atoms with Crippen molar-refractivity contribution in [1.29, 1.82) is 0 Å². The van der Waals surface area contributed by atoms with Gasteiger partial charge in [0, 0.05) is 12.2 Å². The van der Waals surface area contributed by atoms with E-state index in [1.54, 1.807) is 0 Å². The van der Waals surface area contributed by atoms with Crippen LogP contribution in [0.25, 0.3) is 0 Å². The summed E-state index contributed by atoms with van der Waals surface area (Å²) in [5, 5.41) is 3.85. The summed E-state index contributed by atoms with van der Waals surface area (Å²) in [5.41, 5.74) is 0.872. The van der Waals surface area contributed by atoms with Gasteiger partial charge in [-0.25, -0.2) is 9.97 Å². The SMILES string of the molecule is CCOCC(Nc1ncnc(Cl)c1C)C(C)C. The molecule has 1 atom stereocenters. The second kappa shape index (κ2) is 6.77. The van der Waals surface area contributed by atoms with Crippen molar-refractivity contribution in [2.24, 2.45) is 5.92 Å². The maximum absolute atomic E-state index is 5.96. The van der Waals surface area contributed by atoms with E-state index < -0.39 is 0 Å². The second-order valence-electron chi connectivity index (χ2n) is 4.29. The van der Waals surface area contributed by atoms with Crippen molar-refractivity contribution in [3.63, 3.8) is 0 Å². The summed E-state index contributed by atoms with van der Waals surface area (Å²) in [5.74, 6) is 1.23. The summed E-state index contributed by atoms with van der Waals surface area (Å²) in [4.78, 5) is 8.14. The molecule has 4 nitrogen and oxygen atoms in total. The zero-order chi connectivity index (χ0) is 12.8. The van der Waals surface area contributed by atoms with Crippen molar-refractivity contribution in [3.05, 3.63) is 17.0 Å². The molecule has 1 N–H and O–H groups in total. The molecule has 0 bridgehead atoms. The quantitative estimate of drug-likeness (QED) is 0.796. The van der Waals surface area contributed by atoms with Crippen LogP contribution in [0.2, 0.25) is 5.15 Å². The molecule has 0 aliphatic carbocycles. The molecule has 1 heterocycles. The molecule has 0 saturated carbocycles. The number of aromatic nitrogens is 2. The highest BCUT2D eigenvalue weighted by atomic mass is 35.5. The fourth-order valence-corrected chi connectivity index (χ4v) is 1.53. The number of hydrogen-bond acceptors (Lipinski definition) is 4. The Labute approximate surface area is 108 Å². The van der Waals surface area contributed by atoms with E-state index in [1.165, 1.54) is 6.33 Å². The number of halogens is 1. The van der Waals surface area contributed by atoms with Crippen molar-refractivity contribution in [1.82, 2.24) is 9.97 Å². The van der Waals surface area contributed by atoms with Crippen molar-refractivity contribution in [3.8, 4) is 0 Å². The number of nitrogens with one attached hydrogen (secondary N) is 1. The average Bonchev–Trinajstić information content (AvgIpc) is 2.29. The van der Waals surface area contributed by atoms with E-state index in [0.717, 1.165) is 11.4 Å². The molecule has 1 aromatic heterocycles. The van der Waals surface area contributed by atoms with E-state index in [2.05, 4.69) is 29.1 Å². The monoisotopic (exact) mass is 257 g/mol. The standard InChI is InChI=1S/C12H20ClN3O/c1-5-17-6-10(8(2)3)16-12-9(4)11(13)14-7-15-12/h7-8,10H,5-6H2,1-4H3,(H,14,15,16). The van der Waals surface area contributed by atoms with E-state index in [-0.39, 0.29) is 6.04 Å². The van der Waals surface area contributed by atoms with Crippen LogP contribution in [0.3, 0.4) is 0 Å². The number of anilines is 1. The van der Waals surface area contributed by atoms with E-state index in [9.17, 15) is 0 Å². The molecular weight excluding hydrogens is 238 g/mol. The molecule has 96 valence electrons. The molecule has 0 radical (unpaired) electrons. The first-order chi connectivity index (χ1) is 8.06. The van der Waals surface area contributed by atoms with Crippen LogP contribution in [0.4, 0.5) is 5.82 Å². The Morgan fingerprint density at radius 2 is 2.12 bits per heavy atom. The van der Waals surface area contributed by atoms with Crippen molar-refractivity contribution in [2.75, 3.05) is 18.5 Å². The van der Waals surface area contributed by atoms with Crippen LogP contribution >= 0.6 is 11.6 Å². The third kappa shape index (κ3) is 4.13. The van der Waals surface area contributed by atoms with Crippen molar-refractivity contribution >= 4 is 17.4 Å². The minimum Gasteiger partial charge on any atom is -0.380 e. The van der Waals surface area contributed by atoms with E-state index in [0.29, 0.717) is 24.3 Å². The average molecular weight is 258 g/mol. The normalized spacial score (nSPS) is 12.8. The van der Waals surface area contributed by atoms with E-state index >= 15 is 0 Å². The lowest BCUT2D eigenvalue weighted by atomic mass is 10.1. The third-order valence-electron chi connectivity index (χ3n) is 2.65. The number of rotatable bonds is 6. The number of ether oxygens (including phenoxy) is 1. The molecule has 0 spiro atoms. The Morgan fingerprint density at radius 3 is 2.71 bits per heavy atom. The van der Waals surface area contributed by atoms with Crippen molar-refractivity contribution < 1.29 is 4.74 Å². The summed E-state index contributed by atoms with van der Waals surface area (Å²) in [7, 11) is 0. The topological polar surface area (TPSA) is 47.0 Å². The summed E-state index contributed by atoms with van der Waals surface area (Å²) in [6, 6.07) is 0.222. The highest BCUT2D eigenvalue weighted by Gasteiger charge is 2.15. The zero-order valence-electron chi connectivity index (χ0n) is 10.8. The largest absolute Gasteiger partial charge is 0.380 e. The lowest BCUT2D eigenvalue weighted by Gasteiger charge is -2.23. The molecule has 0 aliphatic rings. The predicted molar refractivity (Wildman–Crippen MR) is 70.5 cm³/mol. The van der Waals surface area contributed by atoms with Crippen LogP contribution in [0.5, 0.6) is 0 Å². The van der Waals surface area contributed by atoms with Gasteiger partial charge in [0.1, 0.15) is 17.3 Å². The maximum Gasteiger partial charge on any atom is 0.137 e. The van der Waals surface area contributed by atoms with Gasteiger partial charge in [-0.2, -0.15) is 0 Å². The summed E-state index contributed by atoms with van der Waals surface area (Å²) >= 11 is 5.96. The fraction of sp³-hybridized carbons (Fsp3) is 0.667. The summed E-state index contributed by atoms with van der Waals surface area (Å²) in [6.45, 7) is 9.57. The first-order valence-corrected chi connectivity index (χ1v) is 6.25. The molecule has 0 aromatic carbocycles. The second-order valence-corrected chi connectivity index (χ2v) is 4.65. The Bertz CT molecular complexity index is 358. The molecular formula is C12H20ClN3O. The Kier molecular flexibility index (Phi) is 5.65. The fourth-order valence-electron chi connectivity index (χ4n) is 1.40.